The van der Waals surface area contributed by atoms with Crippen molar-refractivity contribution in [3.8, 4) is 0 Å². The Hall–Kier alpha value is -0.715. The van der Waals surface area contributed by atoms with Gasteiger partial charge in [0.1, 0.15) is 0 Å². The first-order valence-corrected chi connectivity index (χ1v) is 4.44. The minimum Gasteiger partial charge on any atom is -0.427 e. The standard InChI is InChI=1S/C6H15BN2O2.CO2/c8-5-3-6(9-4-5)1-2-7(10)11;2-1-3/h5-6,9-11H,1-4,8H2;. The quantitative estimate of drug-likeness (QED) is 0.392. The summed E-state index contributed by atoms with van der Waals surface area (Å²) in [6, 6.07) is 0.627. The second kappa shape index (κ2) is 7.67. The molecule has 1 saturated heterocycles. The number of hydrogen-bond acceptors (Lipinski definition) is 6. The van der Waals surface area contributed by atoms with Crippen LogP contribution in [0, 0.1) is 0 Å². The Labute approximate surface area is 82.6 Å². The lowest BCUT2D eigenvalue weighted by Crippen LogP contribution is -2.24. The van der Waals surface area contributed by atoms with Crippen molar-refractivity contribution in [2.75, 3.05) is 6.54 Å². The smallest absolute Gasteiger partial charge is 0.427 e. The van der Waals surface area contributed by atoms with E-state index in [2.05, 4.69) is 5.32 Å². The summed E-state index contributed by atoms with van der Waals surface area (Å²) in [6.07, 6.45) is 2.43. The van der Waals surface area contributed by atoms with Crippen LogP contribution < -0.4 is 11.1 Å². The molecule has 0 aromatic carbocycles. The van der Waals surface area contributed by atoms with Crippen LogP contribution in [0.1, 0.15) is 12.8 Å². The topological polar surface area (TPSA) is 113 Å². The number of hydrogen-bond donors (Lipinski definition) is 4. The van der Waals surface area contributed by atoms with Gasteiger partial charge in [0.15, 0.2) is 0 Å². The first kappa shape index (κ1) is 13.3. The Bertz CT molecular complexity index is 185. The fraction of sp³-hybridized carbons (Fsp3) is 0.857. The van der Waals surface area contributed by atoms with Crippen molar-refractivity contribution < 1.29 is 19.6 Å². The molecule has 1 aliphatic heterocycles. The van der Waals surface area contributed by atoms with E-state index in [-0.39, 0.29) is 12.2 Å². The minimum atomic E-state index is -1.17. The number of nitrogens with two attached hydrogens (primary N) is 1. The van der Waals surface area contributed by atoms with E-state index in [0.29, 0.717) is 12.4 Å². The maximum absolute atomic E-state index is 8.58. The lowest BCUT2D eigenvalue weighted by Gasteiger charge is -2.08. The third-order valence-corrected chi connectivity index (χ3v) is 2.03. The molecule has 2 unspecified atom stereocenters. The maximum atomic E-state index is 8.58. The van der Waals surface area contributed by atoms with Gasteiger partial charge in [-0.05, 0) is 19.2 Å². The second-order valence-electron chi connectivity index (χ2n) is 3.24. The lowest BCUT2D eigenvalue weighted by molar-refractivity contribution is -0.191. The van der Waals surface area contributed by atoms with E-state index >= 15 is 0 Å². The highest BCUT2D eigenvalue weighted by Gasteiger charge is 2.21. The first-order valence-electron chi connectivity index (χ1n) is 4.44. The fourth-order valence-electron chi connectivity index (χ4n) is 1.42. The molecule has 0 aromatic heterocycles. The van der Waals surface area contributed by atoms with E-state index in [1.54, 1.807) is 0 Å². The number of rotatable bonds is 3. The molecule has 0 bridgehead atoms. The van der Waals surface area contributed by atoms with Crippen molar-refractivity contribution in [1.29, 1.82) is 0 Å². The summed E-state index contributed by atoms with van der Waals surface area (Å²) in [4.78, 5) is 16.2. The SMILES string of the molecule is NC1CNC(CCB(O)O)C1.O=C=O. The largest absolute Gasteiger partial charge is 0.451 e. The molecule has 14 heavy (non-hydrogen) atoms. The van der Waals surface area contributed by atoms with Crippen LogP contribution >= 0.6 is 0 Å². The molecule has 1 fully saturated rings. The molecule has 1 heterocycles. The van der Waals surface area contributed by atoms with Gasteiger partial charge in [-0.15, -0.1) is 0 Å². The highest BCUT2D eigenvalue weighted by Crippen LogP contribution is 2.10. The summed E-state index contributed by atoms with van der Waals surface area (Å²) < 4.78 is 0. The van der Waals surface area contributed by atoms with Gasteiger partial charge in [0.05, 0.1) is 0 Å². The van der Waals surface area contributed by atoms with Gasteiger partial charge in [-0.1, -0.05) is 0 Å². The van der Waals surface area contributed by atoms with E-state index in [9.17, 15) is 0 Å². The average Bonchev–Trinajstić information content (AvgIpc) is 2.49. The predicted molar refractivity (Wildman–Crippen MR) is 49.0 cm³/mol. The highest BCUT2D eigenvalue weighted by molar-refractivity contribution is 6.40. The minimum absolute atomic E-state index is 0.246. The zero-order chi connectivity index (χ0) is 11.0. The summed E-state index contributed by atoms with van der Waals surface area (Å²) in [6.45, 7) is 0.853. The normalized spacial score (nSPS) is 24.8. The molecule has 0 aliphatic carbocycles. The number of carbonyl (C=O) groups excluding carboxylic acids is 2. The van der Waals surface area contributed by atoms with Gasteiger partial charge in [-0.3, -0.25) is 0 Å². The van der Waals surface area contributed by atoms with Crippen molar-refractivity contribution in [3.05, 3.63) is 0 Å². The molecule has 0 radical (unpaired) electrons. The Balaban J connectivity index is 0.000000500. The fourth-order valence-corrected chi connectivity index (χ4v) is 1.42. The zero-order valence-corrected chi connectivity index (χ0v) is 7.85. The summed E-state index contributed by atoms with van der Waals surface area (Å²) in [5.41, 5.74) is 5.64. The van der Waals surface area contributed by atoms with Crippen molar-refractivity contribution in [2.45, 2.75) is 31.2 Å². The molecule has 1 rings (SSSR count). The Morgan fingerprint density at radius 2 is 2.07 bits per heavy atom. The molecule has 6 nitrogen and oxygen atoms in total. The molecule has 0 spiro atoms. The lowest BCUT2D eigenvalue weighted by atomic mass is 9.82. The molecule has 1 aliphatic rings. The molecule has 7 heteroatoms. The summed E-state index contributed by atoms with van der Waals surface area (Å²) in [7, 11) is -1.17. The molecular weight excluding hydrogens is 187 g/mol. The van der Waals surface area contributed by atoms with Crippen LogP contribution in [0.5, 0.6) is 0 Å². The molecule has 0 aromatic rings. The van der Waals surface area contributed by atoms with Crippen LogP contribution in [-0.2, 0) is 9.59 Å². The van der Waals surface area contributed by atoms with Gasteiger partial charge in [0, 0.05) is 18.6 Å². The molecule has 5 N–H and O–H groups in total. The Morgan fingerprint density at radius 3 is 2.43 bits per heavy atom. The van der Waals surface area contributed by atoms with E-state index in [4.69, 9.17) is 25.4 Å². The van der Waals surface area contributed by atoms with Crippen molar-refractivity contribution in [2.24, 2.45) is 5.73 Å². The summed E-state index contributed by atoms with van der Waals surface area (Å²) in [5.74, 6) is 0. The third kappa shape index (κ3) is 6.76. The van der Waals surface area contributed by atoms with Gasteiger partial charge >= 0.3 is 13.3 Å². The van der Waals surface area contributed by atoms with Crippen LogP contribution in [0.4, 0.5) is 0 Å². The highest BCUT2D eigenvalue weighted by atomic mass is 16.4. The average molecular weight is 202 g/mol. The second-order valence-corrected chi connectivity index (χ2v) is 3.24. The predicted octanol–water partition coefficient (Wildman–Crippen LogP) is -2.04. The summed E-state index contributed by atoms with van der Waals surface area (Å²) in [5, 5.41) is 20.4. The van der Waals surface area contributed by atoms with Gasteiger partial charge in [-0.25, -0.2) is 0 Å². The van der Waals surface area contributed by atoms with Gasteiger partial charge in [-0.2, -0.15) is 9.59 Å². The summed E-state index contributed by atoms with van der Waals surface area (Å²) >= 11 is 0. The Morgan fingerprint density at radius 1 is 1.50 bits per heavy atom. The van der Waals surface area contributed by atoms with Gasteiger partial charge in [0.25, 0.3) is 0 Å². The van der Waals surface area contributed by atoms with E-state index in [1.807, 2.05) is 0 Å². The molecule has 2 atom stereocenters. The van der Waals surface area contributed by atoms with Crippen LogP contribution in [0.3, 0.4) is 0 Å². The van der Waals surface area contributed by atoms with Crippen molar-refractivity contribution in [1.82, 2.24) is 5.32 Å². The van der Waals surface area contributed by atoms with Crippen molar-refractivity contribution in [3.63, 3.8) is 0 Å². The van der Waals surface area contributed by atoms with Crippen LogP contribution in [0.25, 0.3) is 0 Å². The third-order valence-electron chi connectivity index (χ3n) is 2.03. The van der Waals surface area contributed by atoms with E-state index in [1.165, 1.54) is 0 Å². The van der Waals surface area contributed by atoms with Crippen LogP contribution in [0.15, 0.2) is 0 Å². The first-order chi connectivity index (χ1) is 6.60. The molecule has 80 valence electrons. The van der Waals surface area contributed by atoms with Gasteiger partial charge < -0.3 is 21.1 Å². The van der Waals surface area contributed by atoms with E-state index in [0.717, 1.165) is 19.4 Å². The molecule has 0 amide bonds. The number of nitrogens with one attached hydrogen (secondary N) is 1. The maximum Gasteiger partial charge on any atom is 0.451 e. The zero-order valence-electron chi connectivity index (χ0n) is 7.85. The molecular formula is C7H15BN2O4. The van der Waals surface area contributed by atoms with Crippen LogP contribution in [0.2, 0.25) is 6.32 Å². The van der Waals surface area contributed by atoms with Crippen LogP contribution in [-0.4, -0.2) is 41.9 Å². The van der Waals surface area contributed by atoms with Crippen molar-refractivity contribution >= 4 is 13.3 Å². The Kier molecular flexibility index (Phi) is 7.28. The van der Waals surface area contributed by atoms with E-state index < -0.39 is 7.12 Å². The monoisotopic (exact) mass is 202 g/mol. The van der Waals surface area contributed by atoms with Gasteiger partial charge in [0.2, 0.25) is 0 Å². The molecule has 0 saturated carbocycles.